The van der Waals surface area contributed by atoms with Crippen molar-refractivity contribution in [3.63, 3.8) is 0 Å². The minimum Gasteiger partial charge on any atom is -0.476 e. The Labute approximate surface area is 92.4 Å². The summed E-state index contributed by atoms with van der Waals surface area (Å²) < 4.78 is 1.05. The molecule has 16 heavy (non-hydrogen) atoms. The van der Waals surface area contributed by atoms with Crippen LogP contribution in [-0.4, -0.2) is 38.5 Å². The number of aromatic carboxylic acids is 1. The minimum absolute atomic E-state index is 0.0975. The van der Waals surface area contributed by atoms with Gasteiger partial charge >= 0.3 is 5.97 Å². The van der Waals surface area contributed by atoms with Crippen LogP contribution in [0.4, 0.5) is 0 Å². The van der Waals surface area contributed by atoms with Crippen molar-refractivity contribution in [3.05, 3.63) is 11.9 Å². The van der Waals surface area contributed by atoms with E-state index in [4.69, 9.17) is 5.11 Å². The summed E-state index contributed by atoms with van der Waals surface area (Å²) in [5, 5.41) is 18.4. The van der Waals surface area contributed by atoms with Crippen LogP contribution in [0.5, 0.6) is 0 Å². The first-order chi connectivity index (χ1) is 7.50. The lowest BCUT2D eigenvalue weighted by molar-refractivity contribution is -0.122. The maximum Gasteiger partial charge on any atom is 0.355 e. The van der Waals surface area contributed by atoms with Gasteiger partial charge in [-0.05, 0) is 5.92 Å². The summed E-state index contributed by atoms with van der Waals surface area (Å²) >= 11 is 0. The molecule has 0 bridgehead atoms. The fourth-order valence-corrected chi connectivity index (χ4v) is 1.05. The Morgan fingerprint density at radius 2 is 2.25 bits per heavy atom. The molecule has 7 heteroatoms. The molecule has 1 heterocycles. The van der Waals surface area contributed by atoms with Gasteiger partial charge in [0.15, 0.2) is 5.69 Å². The van der Waals surface area contributed by atoms with Gasteiger partial charge < -0.3 is 10.4 Å². The largest absolute Gasteiger partial charge is 0.476 e. The first-order valence-corrected chi connectivity index (χ1v) is 4.89. The summed E-state index contributed by atoms with van der Waals surface area (Å²) in [6.45, 7) is 4.36. The number of carbonyl (C=O) groups is 2. The number of amides is 1. The van der Waals surface area contributed by atoms with E-state index in [-0.39, 0.29) is 18.1 Å². The predicted molar refractivity (Wildman–Crippen MR) is 54.8 cm³/mol. The highest BCUT2D eigenvalue weighted by Crippen LogP contribution is 1.96. The van der Waals surface area contributed by atoms with Gasteiger partial charge in [-0.25, -0.2) is 9.48 Å². The molecular formula is C9H14N4O3. The molecule has 0 aromatic carbocycles. The number of nitrogens with one attached hydrogen (secondary N) is 1. The maximum absolute atomic E-state index is 11.4. The van der Waals surface area contributed by atoms with Crippen molar-refractivity contribution in [2.45, 2.75) is 20.4 Å². The molecule has 0 saturated carbocycles. The molecule has 0 aliphatic carbocycles. The number of hydrogen-bond donors (Lipinski definition) is 2. The molecule has 88 valence electrons. The first kappa shape index (κ1) is 12.2. The molecule has 0 atom stereocenters. The molecule has 0 spiro atoms. The molecule has 2 N–H and O–H groups in total. The van der Waals surface area contributed by atoms with E-state index in [1.165, 1.54) is 0 Å². The molecule has 1 amide bonds. The smallest absolute Gasteiger partial charge is 0.355 e. The third-order valence-corrected chi connectivity index (χ3v) is 1.84. The van der Waals surface area contributed by atoms with Crippen LogP contribution in [0.2, 0.25) is 0 Å². The summed E-state index contributed by atoms with van der Waals surface area (Å²) in [5.41, 5.74) is -0.0975. The summed E-state index contributed by atoms with van der Waals surface area (Å²) in [6.07, 6.45) is 1.11. The molecule has 1 aromatic heterocycles. The van der Waals surface area contributed by atoms with Crippen molar-refractivity contribution in [1.29, 1.82) is 0 Å². The fraction of sp³-hybridized carbons (Fsp3) is 0.556. The maximum atomic E-state index is 11.4. The van der Waals surface area contributed by atoms with Crippen LogP contribution in [0.1, 0.15) is 24.3 Å². The lowest BCUT2D eigenvalue weighted by Gasteiger charge is -2.07. The Balaban J connectivity index is 2.56. The average Bonchev–Trinajstić information content (AvgIpc) is 2.62. The molecule has 0 aliphatic heterocycles. The number of aromatic nitrogens is 3. The van der Waals surface area contributed by atoms with Gasteiger partial charge in [0.2, 0.25) is 5.91 Å². The van der Waals surface area contributed by atoms with Gasteiger partial charge in [0, 0.05) is 6.54 Å². The standard InChI is InChI=1S/C9H14N4O3/c1-6(2)3-10-8(14)5-13-7(9(15)16)4-11-12-13/h4,6H,3,5H2,1-2H3,(H,10,14)(H,15,16). The van der Waals surface area contributed by atoms with Gasteiger partial charge in [-0.15, -0.1) is 5.10 Å². The molecular weight excluding hydrogens is 212 g/mol. The van der Waals surface area contributed by atoms with Crippen LogP contribution in [0.3, 0.4) is 0 Å². The van der Waals surface area contributed by atoms with E-state index in [2.05, 4.69) is 15.6 Å². The molecule has 1 aromatic rings. The van der Waals surface area contributed by atoms with Crippen LogP contribution in [0.25, 0.3) is 0 Å². The molecule has 0 unspecified atom stereocenters. The second kappa shape index (κ2) is 5.24. The highest BCUT2D eigenvalue weighted by atomic mass is 16.4. The molecule has 1 rings (SSSR count). The van der Waals surface area contributed by atoms with E-state index < -0.39 is 5.97 Å². The van der Waals surface area contributed by atoms with E-state index in [9.17, 15) is 9.59 Å². The van der Waals surface area contributed by atoms with Crippen molar-refractivity contribution in [1.82, 2.24) is 20.3 Å². The molecule has 0 fully saturated rings. The van der Waals surface area contributed by atoms with Crippen molar-refractivity contribution >= 4 is 11.9 Å². The molecule has 7 nitrogen and oxygen atoms in total. The van der Waals surface area contributed by atoms with Crippen LogP contribution in [0.15, 0.2) is 6.20 Å². The van der Waals surface area contributed by atoms with Crippen molar-refractivity contribution in [3.8, 4) is 0 Å². The van der Waals surface area contributed by atoms with Gasteiger partial charge in [-0.1, -0.05) is 19.1 Å². The Bertz CT molecular complexity index is 386. The zero-order chi connectivity index (χ0) is 12.1. The molecule has 0 radical (unpaired) electrons. The van der Waals surface area contributed by atoms with E-state index >= 15 is 0 Å². The summed E-state index contributed by atoms with van der Waals surface area (Å²) in [4.78, 5) is 22.1. The third kappa shape index (κ3) is 3.34. The second-order valence-corrected chi connectivity index (χ2v) is 3.78. The Hall–Kier alpha value is -1.92. The second-order valence-electron chi connectivity index (χ2n) is 3.78. The average molecular weight is 226 g/mol. The number of nitrogens with zero attached hydrogens (tertiary/aromatic N) is 3. The third-order valence-electron chi connectivity index (χ3n) is 1.84. The normalized spacial score (nSPS) is 10.4. The van der Waals surface area contributed by atoms with Gasteiger partial charge in [0.25, 0.3) is 0 Å². The zero-order valence-corrected chi connectivity index (χ0v) is 9.17. The Kier molecular flexibility index (Phi) is 3.98. The van der Waals surface area contributed by atoms with Crippen LogP contribution in [0, 0.1) is 5.92 Å². The quantitative estimate of drug-likeness (QED) is 0.721. The zero-order valence-electron chi connectivity index (χ0n) is 9.17. The summed E-state index contributed by atoms with van der Waals surface area (Å²) in [7, 11) is 0. The highest BCUT2D eigenvalue weighted by molar-refractivity contribution is 5.86. The summed E-state index contributed by atoms with van der Waals surface area (Å²) in [6, 6.07) is 0. The van der Waals surface area contributed by atoms with Gasteiger partial charge in [-0.3, -0.25) is 4.79 Å². The van der Waals surface area contributed by atoms with Crippen LogP contribution in [-0.2, 0) is 11.3 Å². The molecule has 0 saturated heterocycles. The predicted octanol–water partition coefficient (Wildman–Crippen LogP) is -0.252. The minimum atomic E-state index is -1.15. The fourth-order valence-electron chi connectivity index (χ4n) is 1.05. The van der Waals surface area contributed by atoms with Gasteiger partial charge in [0.1, 0.15) is 6.54 Å². The van der Waals surface area contributed by atoms with Gasteiger partial charge in [0.05, 0.1) is 6.20 Å². The Morgan fingerprint density at radius 1 is 1.56 bits per heavy atom. The van der Waals surface area contributed by atoms with Crippen LogP contribution < -0.4 is 5.32 Å². The number of carboxylic acid groups (broad SMARTS) is 1. The summed E-state index contributed by atoms with van der Waals surface area (Å²) in [5.74, 6) is -1.08. The topological polar surface area (TPSA) is 97.1 Å². The van der Waals surface area contributed by atoms with Gasteiger partial charge in [-0.2, -0.15) is 0 Å². The molecule has 0 aliphatic rings. The van der Waals surface area contributed by atoms with E-state index in [0.29, 0.717) is 12.5 Å². The number of carboxylic acids is 1. The Morgan fingerprint density at radius 3 is 2.81 bits per heavy atom. The van der Waals surface area contributed by atoms with E-state index in [0.717, 1.165) is 10.9 Å². The van der Waals surface area contributed by atoms with E-state index in [1.54, 1.807) is 0 Å². The van der Waals surface area contributed by atoms with Crippen LogP contribution >= 0.6 is 0 Å². The number of hydrogen-bond acceptors (Lipinski definition) is 4. The SMILES string of the molecule is CC(C)CNC(=O)Cn1nncc1C(=O)O. The number of carbonyl (C=O) groups excluding carboxylic acids is 1. The first-order valence-electron chi connectivity index (χ1n) is 4.89. The van der Waals surface area contributed by atoms with E-state index in [1.807, 2.05) is 13.8 Å². The lowest BCUT2D eigenvalue weighted by Crippen LogP contribution is -2.31. The van der Waals surface area contributed by atoms with Crippen molar-refractivity contribution in [2.24, 2.45) is 5.92 Å². The monoisotopic (exact) mass is 226 g/mol. The van der Waals surface area contributed by atoms with Crippen molar-refractivity contribution < 1.29 is 14.7 Å². The highest BCUT2D eigenvalue weighted by Gasteiger charge is 2.13. The lowest BCUT2D eigenvalue weighted by atomic mass is 10.2. The van der Waals surface area contributed by atoms with Crippen molar-refractivity contribution in [2.75, 3.05) is 6.54 Å². The number of rotatable bonds is 5.